The number of fused-ring (bicyclic) bond motifs is 1. The van der Waals surface area contributed by atoms with Crippen molar-refractivity contribution in [3.8, 4) is 11.1 Å². The molecular formula is C31H39N7O3. The van der Waals surface area contributed by atoms with E-state index in [1.807, 2.05) is 36.7 Å². The van der Waals surface area contributed by atoms with E-state index in [2.05, 4.69) is 56.6 Å². The third-order valence-corrected chi connectivity index (χ3v) is 7.36. The topological polar surface area (TPSA) is 112 Å². The van der Waals surface area contributed by atoms with Crippen LogP contribution < -0.4 is 20.9 Å². The summed E-state index contributed by atoms with van der Waals surface area (Å²) in [6.07, 6.45) is 6.76. The van der Waals surface area contributed by atoms with Gasteiger partial charge in [-0.25, -0.2) is 4.98 Å². The van der Waals surface area contributed by atoms with Crippen molar-refractivity contribution in [1.82, 2.24) is 30.4 Å². The number of aromatic nitrogens is 2. The summed E-state index contributed by atoms with van der Waals surface area (Å²) in [4.78, 5) is 46.0. The number of carbonyl (C=O) groups excluding carboxylic acids is 3. The van der Waals surface area contributed by atoms with Gasteiger partial charge in [-0.05, 0) is 61.9 Å². The lowest BCUT2D eigenvalue weighted by Gasteiger charge is -2.33. The summed E-state index contributed by atoms with van der Waals surface area (Å²) in [7, 11) is 3.66. The summed E-state index contributed by atoms with van der Waals surface area (Å²) in [6, 6.07) is 9.99. The predicted octanol–water partition coefficient (Wildman–Crippen LogP) is 2.57. The number of piperazine rings is 1. The van der Waals surface area contributed by atoms with Crippen LogP contribution >= 0.6 is 0 Å². The molecule has 1 aliphatic heterocycles. The van der Waals surface area contributed by atoms with E-state index in [1.54, 1.807) is 0 Å². The number of unbranched alkanes of at least 4 members (excludes halogenated alkanes) is 1. The number of nitrogens with zero attached hydrogens (tertiary/aromatic N) is 4. The van der Waals surface area contributed by atoms with Crippen LogP contribution in [0.4, 0.5) is 5.82 Å². The first-order valence-electron chi connectivity index (χ1n) is 13.9. The molecule has 0 atom stereocenters. The van der Waals surface area contributed by atoms with Crippen LogP contribution in [0.15, 0.2) is 67.5 Å². The van der Waals surface area contributed by atoms with Gasteiger partial charge in [0, 0.05) is 92.9 Å². The number of nitrogens with one attached hydrogen (secondary N) is 3. The number of hydrogen-bond donors (Lipinski definition) is 3. The van der Waals surface area contributed by atoms with Crippen LogP contribution in [0, 0.1) is 0 Å². The highest BCUT2D eigenvalue weighted by molar-refractivity contribution is 6.08. The number of pyridine rings is 1. The van der Waals surface area contributed by atoms with E-state index in [4.69, 9.17) is 4.98 Å². The van der Waals surface area contributed by atoms with Crippen LogP contribution in [0.25, 0.3) is 22.0 Å². The summed E-state index contributed by atoms with van der Waals surface area (Å²) in [5.41, 5.74) is 3.51. The SMILES string of the molecule is C=CC(=O)NCCCCn1ccc2c(C(=O)NCC(=C)C(=O)NC)cc(-c3ccc(N4CCN(C)CC4)nc3)cc21. The highest BCUT2D eigenvalue weighted by Gasteiger charge is 2.18. The zero-order chi connectivity index (χ0) is 29.4. The normalized spacial score (nSPS) is 13.6. The molecule has 3 amide bonds. The highest BCUT2D eigenvalue weighted by Crippen LogP contribution is 2.30. The maximum absolute atomic E-state index is 13.4. The van der Waals surface area contributed by atoms with E-state index in [0.717, 1.165) is 73.4 Å². The van der Waals surface area contributed by atoms with E-state index in [0.29, 0.717) is 12.1 Å². The van der Waals surface area contributed by atoms with Gasteiger partial charge in [0.15, 0.2) is 0 Å². The molecule has 1 aromatic carbocycles. The molecule has 3 N–H and O–H groups in total. The number of hydrogen-bond acceptors (Lipinski definition) is 6. The van der Waals surface area contributed by atoms with Gasteiger partial charge < -0.3 is 30.3 Å². The summed E-state index contributed by atoms with van der Waals surface area (Å²) < 4.78 is 2.13. The second-order valence-corrected chi connectivity index (χ2v) is 10.2. The van der Waals surface area contributed by atoms with Crippen molar-refractivity contribution < 1.29 is 14.4 Å². The molecule has 3 heterocycles. The van der Waals surface area contributed by atoms with Gasteiger partial charge in [0.1, 0.15) is 5.82 Å². The van der Waals surface area contributed by atoms with Gasteiger partial charge in [0.25, 0.3) is 5.91 Å². The lowest BCUT2D eigenvalue weighted by Crippen LogP contribution is -2.44. The van der Waals surface area contributed by atoms with Crippen molar-refractivity contribution in [2.24, 2.45) is 0 Å². The maximum Gasteiger partial charge on any atom is 0.252 e. The Labute approximate surface area is 241 Å². The smallest absolute Gasteiger partial charge is 0.252 e. The Bertz CT molecular complexity index is 1420. The first-order chi connectivity index (χ1) is 19.8. The second-order valence-electron chi connectivity index (χ2n) is 10.2. The molecule has 3 aromatic rings. The molecule has 10 nitrogen and oxygen atoms in total. The van der Waals surface area contributed by atoms with Crippen molar-refractivity contribution in [1.29, 1.82) is 0 Å². The fraction of sp³-hybridized carbons (Fsp3) is 0.355. The van der Waals surface area contributed by atoms with Gasteiger partial charge in [-0.15, -0.1) is 0 Å². The molecule has 1 aliphatic rings. The monoisotopic (exact) mass is 557 g/mol. The fourth-order valence-electron chi connectivity index (χ4n) is 4.85. The molecule has 1 fully saturated rings. The number of amides is 3. The molecule has 4 rings (SSSR count). The van der Waals surface area contributed by atoms with E-state index in [9.17, 15) is 14.4 Å². The average Bonchev–Trinajstić information content (AvgIpc) is 3.41. The van der Waals surface area contributed by atoms with Crippen LogP contribution in [0.5, 0.6) is 0 Å². The lowest BCUT2D eigenvalue weighted by atomic mass is 10.0. The van der Waals surface area contributed by atoms with Crippen LogP contribution in [0.2, 0.25) is 0 Å². The zero-order valence-corrected chi connectivity index (χ0v) is 23.9. The summed E-state index contributed by atoms with van der Waals surface area (Å²) in [6.45, 7) is 12.5. The molecule has 41 heavy (non-hydrogen) atoms. The molecule has 0 spiro atoms. The minimum Gasteiger partial charge on any atom is -0.355 e. The van der Waals surface area contributed by atoms with Gasteiger partial charge in [-0.2, -0.15) is 0 Å². The minimum atomic E-state index is -0.314. The van der Waals surface area contributed by atoms with E-state index in [-0.39, 0.29) is 29.8 Å². The van der Waals surface area contributed by atoms with Gasteiger partial charge in [0.05, 0.1) is 0 Å². The Balaban J connectivity index is 1.59. The van der Waals surface area contributed by atoms with Crippen LogP contribution in [-0.4, -0.2) is 85.5 Å². The third-order valence-electron chi connectivity index (χ3n) is 7.36. The maximum atomic E-state index is 13.4. The summed E-state index contributed by atoms with van der Waals surface area (Å²) in [5, 5.41) is 8.99. The Hall–Kier alpha value is -4.44. The van der Waals surface area contributed by atoms with Gasteiger partial charge in [0.2, 0.25) is 11.8 Å². The number of aryl methyl sites for hydroxylation is 1. The fourth-order valence-corrected chi connectivity index (χ4v) is 4.85. The van der Waals surface area contributed by atoms with Crippen molar-refractivity contribution in [2.75, 3.05) is 58.3 Å². The van der Waals surface area contributed by atoms with Crippen molar-refractivity contribution >= 4 is 34.4 Å². The van der Waals surface area contributed by atoms with Gasteiger partial charge in [-0.3, -0.25) is 14.4 Å². The van der Waals surface area contributed by atoms with Crippen molar-refractivity contribution in [3.05, 3.63) is 73.1 Å². The van der Waals surface area contributed by atoms with Crippen molar-refractivity contribution in [3.63, 3.8) is 0 Å². The molecule has 0 saturated carbocycles. The molecule has 2 aromatic heterocycles. The number of benzene rings is 1. The van der Waals surface area contributed by atoms with E-state index >= 15 is 0 Å². The standard InChI is InChI=1S/C31H39N7O3/c1-5-29(39)33-11-6-7-12-37-13-10-25-26(31(41)35-20-22(2)30(40)32-3)18-24(19-27(25)37)23-8-9-28(34-21-23)38-16-14-36(4)15-17-38/h5,8-10,13,18-19,21H,1-2,6-7,11-12,14-17,20H2,3-4H3,(H,32,40)(H,33,39)(H,35,41). The van der Waals surface area contributed by atoms with Crippen LogP contribution in [-0.2, 0) is 16.1 Å². The Morgan fingerprint density at radius 2 is 1.80 bits per heavy atom. The molecule has 10 heteroatoms. The molecule has 0 unspecified atom stereocenters. The lowest BCUT2D eigenvalue weighted by molar-refractivity contribution is -0.117. The summed E-state index contributed by atoms with van der Waals surface area (Å²) >= 11 is 0. The third kappa shape index (κ3) is 7.40. The highest BCUT2D eigenvalue weighted by atomic mass is 16.2. The number of rotatable bonds is 12. The number of carbonyl (C=O) groups is 3. The first kappa shape index (κ1) is 29.5. The summed E-state index contributed by atoms with van der Waals surface area (Å²) in [5.74, 6) is 0.170. The largest absolute Gasteiger partial charge is 0.355 e. The van der Waals surface area contributed by atoms with E-state index < -0.39 is 0 Å². The molecular weight excluding hydrogens is 518 g/mol. The van der Waals surface area contributed by atoms with Crippen molar-refractivity contribution in [2.45, 2.75) is 19.4 Å². The quantitative estimate of drug-likeness (QED) is 0.233. The van der Waals surface area contributed by atoms with Gasteiger partial charge in [-0.1, -0.05) is 13.2 Å². The Kier molecular flexibility index (Phi) is 9.91. The van der Waals surface area contributed by atoms with Crippen LogP contribution in [0.3, 0.4) is 0 Å². The average molecular weight is 558 g/mol. The zero-order valence-electron chi connectivity index (χ0n) is 23.9. The Morgan fingerprint density at radius 1 is 1.02 bits per heavy atom. The van der Waals surface area contributed by atoms with Crippen LogP contribution in [0.1, 0.15) is 23.2 Å². The molecule has 0 aliphatic carbocycles. The molecule has 0 bridgehead atoms. The Morgan fingerprint density at radius 3 is 2.49 bits per heavy atom. The number of likely N-dealkylation sites (N-methyl/N-ethyl adjacent to an activating group) is 2. The van der Waals surface area contributed by atoms with E-state index in [1.165, 1.54) is 13.1 Å². The minimum absolute atomic E-state index is 0.0443. The second kappa shape index (κ2) is 13.8. The predicted molar refractivity (Wildman–Crippen MR) is 163 cm³/mol. The molecule has 1 saturated heterocycles. The first-order valence-corrected chi connectivity index (χ1v) is 13.9. The van der Waals surface area contributed by atoms with Gasteiger partial charge >= 0.3 is 0 Å². The molecule has 0 radical (unpaired) electrons. The molecule has 216 valence electrons. The number of anilines is 1.